The molecule has 1 aliphatic rings. The van der Waals surface area contributed by atoms with Gasteiger partial charge in [-0.25, -0.2) is 0 Å². The summed E-state index contributed by atoms with van der Waals surface area (Å²) in [5.74, 6) is 0.276. The molecule has 2 unspecified atom stereocenters. The molecule has 190 valence electrons. The van der Waals surface area contributed by atoms with Crippen LogP contribution in [0.3, 0.4) is 0 Å². The molecule has 1 aromatic heterocycles. The van der Waals surface area contributed by atoms with Crippen LogP contribution in [0.5, 0.6) is 11.5 Å². The molecule has 0 bridgehead atoms. The highest BCUT2D eigenvalue weighted by atomic mass is 16.5. The fourth-order valence-electron chi connectivity index (χ4n) is 5.21. The van der Waals surface area contributed by atoms with Gasteiger partial charge in [0.15, 0.2) is 11.5 Å². The number of aromatic amines is 1. The van der Waals surface area contributed by atoms with Gasteiger partial charge in [0, 0.05) is 41.8 Å². The van der Waals surface area contributed by atoms with Crippen LogP contribution in [0.25, 0.3) is 17.0 Å². The number of carbonyl (C=O) groups is 1. The number of nitrogens with one attached hydrogen (secondary N) is 3. The maximum Gasteiger partial charge on any atom is 0.244 e. The normalized spacial score (nSPS) is 16.0. The predicted octanol–water partition coefficient (Wildman–Crippen LogP) is 5.29. The molecule has 2 atom stereocenters. The number of carbonyl (C=O) groups excluding carboxylic acids is 1. The molecule has 0 fully saturated rings. The Morgan fingerprint density at radius 3 is 2.89 bits per heavy atom. The average Bonchev–Trinajstić information content (AvgIpc) is 3.34. The number of aromatic hydroxyl groups is 1. The van der Waals surface area contributed by atoms with E-state index in [0.29, 0.717) is 18.7 Å². The second-order valence-corrected chi connectivity index (χ2v) is 9.59. The maximum atomic E-state index is 13.0. The van der Waals surface area contributed by atoms with Crippen LogP contribution in [0.2, 0.25) is 0 Å². The highest BCUT2D eigenvalue weighted by molar-refractivity contribution is 5.92. The number of fused-ring (bicyclic) bond motifs is 2. The van der Waals surface area contributed by atoms with Gasteiger partial charge >= 0.3 is 0 Å². The molecule has 5 rings (SSSR count). The van der Waals surface area contributed by atoms with Crippen molar-refractivity contribution in [1.29, 1.82) is 0 Å². The van der Waals surface area contributed by atoms with Gasteiger partial charge in [-0.2, -0.15) is 0 Å². The van der Waals surface area contributed by atoms with Crippen molar-refractivity contribution in [2.24, 2.45) is 0 Å². The molecule has 0 saturated carbocycles. The minimum Gasteiger partial charge on any atom is -0.504 e. The molecule has 4 aromatic rings. The van der Waals surface area contributed by atoms with Gasteiger partial charge < -0.3 is 25.5 Å². The molecule has 3 aromatic carbocycles. The number of para-hydroxylation sites is 1. The number of phenolic OH excluding ortho intramolecular Hbond substituents is 1. The molecule has 6 nitrogen and oxygen atoms in total. The minimum atomic E-state index is -0.164. The van der Waals surface area contributed by atoms with E-state index in [1.807, 2.05) is 18.3 Å². The lowest BCUT2D eigenvalue weighted by molar-refractivity contribution is -0.117. The van der Waals surface area contributed by atoms with E-state index in [-0.39, 0.29) is 23.7 Å². The van der Waals surface area contributed by atoms with Crippen molar-refractivity contribution in [3.05, 3.63) is 101 Å². The van der Waals surface area contributed by atoms with Crippen molar-refractivity contribution in [2.75, 3.05) is 13.7 Å². The Labute approximate surface area is 217 Å². The summed E-state index contributed by atoms with van der Waals surface area (Å²) in [4.78, 5) is 16.3. The summed E-state index contributed by atoms with van der Waals surface area (Å²) < 4.78 is 5.17. The third-order valence-electron chi connectivity index (χ3n) is 7.10. The first-order chi connectivity index (χ1) is 18.1. The molecule has 0 aliphatic heterocycles. The van der Waals surface area contributed by atoms with Gasteiger partial charge in [0.2, 0.25) is 5.91 Å². The van der Waals surface area contributed by atoms with Crippen LogP contribution in [0.1, 0.15) is 41.1 Å². The van der Waals surface area contributed by atoms with Crippen LogP contribution >= 0.6 is 0 Å². The first kappa shape index (κ1) is 24.7. The van der Waals surface area contributed by atoms with Gasteiger partial charge in [-0.3, -0.25) is 4.79 Å². The highest BCUT2D eigenvalue weighted by Crippen LogP contribution is 2.30. The third kappa shape index (κ3) is 5.87. The van der Waals surface area contributed by atoms with Gasteiger partial charge in [-0.1, -0.05) is 48.5 Å². The highest BCUT2D eigenvalue weighted by Gasteiger charge is 2.22. The molecule has 1 amide bonds. The maximum absolute atomic E-state index is 13.0. The summed E-state index contributed by atoms with van der Waals surface area (Å²) in [6.45, 7) is 0.658. The fraction of sp³-hybridized carbons (Fsp3) is 0.258. The molecule has 4 N–H and O–H groups in total. The molecule has 1 aliphatic carbocycles. The van der Waals surface area contributed by atoms with Gasteiger partial charge in [0.1, 0.15) is 0 Å². The number of rotatable bonds is 9. The summed E-state index contributed by atoms with van der Waals surface area (Å²) in [6, 6.07) is 22.1. The molecule has 0 radical (unpaired) electrons. The SMILES string of the molecule is COc1cc(/C=C/C(=O)NC(CNC2CCCc3ccccc32)Cc2c[nH]c3ccccc23)ccc1O. The summed E-state index contributed by atoms with van der Waals surface area (Å²) in [7, 11) is 1.50. The van der Waals surface area contributed by atoms with Crippen molar-refractivity contribution in [3.8, 4) is 11.5 Å². The van der Waals surface area contributed by atoms with Crippen molar-refractivity contribution in [2.45, 2.75) is 37.8 Å². The third-order valence-corrected chi connectivity index (χ3v) is 7.10. The molecule has 6 heteroatoms. The molecule has 1 heterocycles. The summed E-state index contributed by atoms with van der Waals surface area (Å²) >= 11 is 0. The van der Waals surface area contributed by atoms with E-state index >= 15 is 0 Å². The quantitative estimate of drug-likeness (QED) is 0.238. The second kappa shape index (κ2) is 11.4. The fourth-order valence-corrected chi connectivity index (χ4v) is 5.21. The Hall–Kier alpha value is -4.03. The first-order valence-electron chi connectivity index (χ1n) is 12.8. The number of ether oxygens (including phenoxy) is 1. The Morgan fingerprint density at radius 1 is 1.16 bits per heavy atom. The van der Waals surface area contributed by atoms with E-state index in [2.05, 4.69) is 52.0 Å². The number of hydrogen-bond acceptors (Lipinski definition) is 4. The van der Waals surface area contributed by atoms with E-state index in [0.717, 1.165) is 30.3 Å². The van der Waals surface area contributed by atoms with E-state index in [1.54, 1.807) is 24.3 Å². The lowest BCUT2D eigenvalue weighted by Crippen LogP contribution is -2.44. The lowest BCUT2D eigenvalue weighted by Gasteiger charge is -2.28. The van der Waals surface area contributed by atoms with Gasteiger partial charge in [0.05, 0.1) is 7.11 Å². The monoisotopic (exact) mass is 495 g/mol. The Balaban J connectivity index is 1.31. The number of benzene rings is 3. The number of methoxy groups -OCH3 is 1. The van der Waals surface area contributed by atoms with Crippen molar-refractivity contribution in [3.63, 3.8) is 0 Å². The number of phenols is 1. The predicted molar refractivity (Wildman–Crippen MR) is 148 cm³/mol. The van der Waals surface area contributed by atoms with Crippen LogP contribution in [0.4, 0.5) is 0 Å². The largest absolute Gasteiger partial charge is 0.504 e. The summed E-state index contributed by atoms with van der Waals surface area (Å²) in [6.07, 6.45) is 9.38. The van der Waals surface area contributed by atoms with Crippen LogP contribution in [-0.2, 0) is 17.6 Å². The number of hydrogen-bond donors (Lipinski definition) is 4. The van der Waals surface area contributed by atoms with Crippen LogP contribution < -0.4 is 15.4 Å². The van der Waals surface area contributed by atoms with Gasteiger partial charge in [-0.05, 0) is 72.2 Å². The van der Waals surface area contributed by atoms with Gasteiger partial charge in [0.25, 0.3) is 0 Å². The molecule has 0 spiro atoms. The zero-order valence-corrected chi connectivity index (χ0v) is 21.0. The number of aromatic nitrogens is 1. The summed E-state index contributed by atoms with van der Waals surface area (Å²) in [5, 5.41) is 18.0. The second-order valence-electron chi connectivity index (χ2n) is 9.59. The zero-order valence-electron chi connectivity index (χ0n) is 21.0. The topological polar surface area (TPSA) is 86.4 Å². The van der Waals surface area contributed by atoms with E-state index in [1.165, 1.54) is 35.3 Å². The molecule has 0 saturated heterocycles. The van der Waals surface area contributed by atoms with Crippen molar-refractivity contribution < 1.29 is 14.6 Å². The van der Waals surface area contributed by atoms with E-state index < -0.39 is 0 Å². The van der Waals surface area contributed by atoms with Crippen LogP contribution in [-0.4, -0.2) is 35.7 Å². The smallest absolute Gasteiger partial charge is 0.244 e. The Morgan fingerprint density at radius 2 is 2.00 bits per heavy atom. The number of H-pyrrole nitrogens is 1. The lowest BCUT2D eigenvalue weighted by atomic mass is 9.87. The zero-order chi connectivity index (χ0) is 25.6. The van der Waals surface area contributed by atoms with Crippen LogP contribution in [0, 0.1) is 0 Å². The summed E-state index contributed by atoms with van der Waals surface area (Å²) in [5.41, 5.74) is 5.83. The van der Waals surface area contributed by atoms with E-state index in [4.69, 9.17) is 4.74 Å². The van der Waals surface area contributed by atoms with Crippen molar-refractivity contribution in [1.82, 2.24) is 15.6 Å². The molecular formula is C31H33N3O3. The standard InChI is InChI=1S/C31H33N3O3/c1-37-30-17-21(13-15-29(30)35)14-16-31(36)34-24(18-23-19-32-27-11-5-4-10-26(23)27)20-33-28-12-6-8-22-7-2-3-9-25(22)28/h2-5,7,9-11,13-17,19,24,28,32-33,35H,6,8,12,18,20H2,1H3,(H,34,36)/b16-14+. The number of aryl methyl sites for hydroxylation is 1. The molecular weight excluding hydrogens is 462 g/mol. The van der Waals surface area contributed by atoms with Gasteiger partial charge in [-0.15, -0.1) is 0 Å². The molecule has 37 heavy (non-hydrogen) atoms. The first-order valence-corrected chi connectivity index (χ1v) is 12.8. The number of amides is 1. The van der Waals surface area contributed by atoms with Crippen LogP contribution in [0.15, 0.2) is 79.0 Å². The Kier molecular flexibility index (Phi) is 7.57. The minimum absolute atomic E-state index is 0.0678. The van der Waals surface area contributed by atoms with Crippen molar-refractivity contribution >= 4 is 22.9 Å². The Bertz CT molecular complexity index is 1410. The van der Waals surface area contributed by atoms with E-state index in [9.17, 15) is 9.90 Å². The average molecular weight is 496 g/mol.